The quantitative estimate of drug-likeness (QED) is 0.808. The second-order valence-corrected chi connectivity index (χ2v) is 5.94. The summed E-state index contributed by atoms with van der Waals surface area (Å²) >= 11 is 0. The van der Waals surface area contributed by atoms with Crippen molar-refractivity contribution < 1.29 is 9.15 Å². The normalized spacial score (nSPS) is 21.1. The van der Waals surface area contributed by atoms with Gasteiger partial charge in [0, 0.05) is 18.2 Å². The van der Waals surface area contributed by atoms with Gasteiger partial charge in [-0.25, -0.2) is 0 Å². The molecular weight excluding hydrogens is 250 g/mol. The fourth-order valence-electron chi connectivity index (χ4n) is 3.07. The number of furan rings is 1. The van der Waals surface area contributed by atoms with Crippen LogP contribution in [0.5, 0.6) is 0 Å². The smallest absolute Gasteiger partial charge is 0.105 e. The summed E-state index contributed by atoms with van der Waals surface area (Å²) in [5.74, 6) is 2.07. The average molecular weight is 279 g/mol. The van der Waals surface area contributed by atoms with Crippen LogP contribution in [0.15, 0.2) is 10.5 Å². The molecule has 1 aromatic heterocycles. The number of hydrogen-bond donors (Lipinski definition) is 1. The van der Waals surface area contributed by atoms with Crippen LogP contribution >= 0.6 is 0 Å². The van der Waals surface area contributed by atoms with Crippen LogP contribution in [-0.2, 0) is 4.74 Å². The lowest BCUT2D eigenvalue weighted by Gasteiger charge is -2.25. The molecule has 114 valence electrons. The molecule has 1 aliphatic rings. The number of ether oxygens (including phenoxy) is 1. The highest BCUT2D eigenvalue weighted by Gasteiger charge is 2.20. The summed E-state index contributed by atoms with van der Waals surface area (Å²) in [5.41, 5.74) is 1.33. The van der Waals surface area contributed by atoms with E-state index < -0.39 is 0 Å². The maximum Gasteiger partial charge on any atom is 0.105 e. The first-order valence-corrected chi connectivity index (χ1v) is 8.12. The highest BCUT2D eigenvalue weighted by atomic mass is 16.5. The van der Waals surface area contributed by atoms with Gasteiger partial charge in [-0.1, -0.05) is 6.92 Å². The van der Waals surface area contributed by atoms with E-state index in [0.717, 1.165) is 43.9 Å². The van der Waals surface area contributed by atoms with Gasteiger partial charge in [0.2, 0.25) is 0 Å². The minimum absolute atomic E-state index is 0.401. The van der Waals surface area contributed by atoms with Gasteiger partial charge in [0.05, 0.1) is 6.10 Å². The molecule has 1 fully saturated rings. The third-order valence-corrected chi connectivity index (χ3v) is 4.15. The molecule has 0 bridgehead atoms. The van der Waals surface area contributed by atoms with Gasteiger partial charge >= 0.3 is 0 Å². The molecule has 3 nitrogen and oxygen atoms in total. The van der Waals surface area contributed by atoms with E-state index in [9.17, 15) is 0 Å². The summed E-state index contributed by atoms with van der Waals surface area (Å²) in [5, 5.41) is 3.66. The Labute approximate surface area is 123 Å². The molecule has 0 aliphatic carbocycles. The maximum atomic E-state index is 5.85. The first-order valence-electron chi connectivity index (χ1n) is 8.12. The van der Waals surface area contributed by atoms with Gasteiger partial charge in [-0.2, -0.15) is 0 Å². The predicted molar refractivity (Wildman–Crippen MR) is 82.0 cm³/mol. The van der Waals surface area contributed by atoms with Crippen molar-refractivity contribution in [2.24, 2.45) is 0 Å². The van der Waals surface area contributed by atoms with Crippen LogP contribution in [0.2, 0.25) is 0 Å². The standard InChI is InChI=1S/C17H29NO2/c1-4-10-18-17(16-12-13(2)20-14(16)3)9-8-15-7-5-6-11-19-15/h12,15,17-18H,4-11H2,1-3H3. The molecule has 0 saturated carbocycles. The van der Waals surface area contributed by atoms with Crippen LogP contribution in [0.4, 0.5) is 0 Å². The largest absolute Gasteiger partial charge is 0.466 e. The SMILES string of the molecule is CCCNC(CCC1CCCCO1)c1cc(C)oc1C. The molecule has 0 spiro atoms. The highest BCUT2D eigenvalue weighted by molar-refractivity contribution is 5.24. The third kappa shape index (κ3) is 4.35. The Hall–Kier alpha value is -0.800. The molecule has 1 aromatic rings. The summed E-state index contributed by atoms with van der Waals surface area (Å²) < 4.78 is 11.5. The Kier molecular flexibility index (Phi) is 6.11. The van der Waals surface area contributed by atoms with Crippen molar-refractivity contribution in [3.63, 3.8) is 0 Å². The molecule has 0 radical (unpaired) electrons. The first kappa shape index (κ1) is 15.6. The van der Waals surface area contributed by atoms with Crippen molar-refractivity contribution in [1.82, 2.24) is 5.32 Å². The van der Waals surface area contributed by atoms with E-state index in [-0.39, 0.29) is 0 Å². The minimum Gasteiger partial charge on any atom is -0.466 e. The van der Waals surface area contributed by atoms with E-state index in [0.29, 0.717) is 12.1 Å². The summed E-state index contributed by atoms with van der Waals surface area (Å²) in [6, 6.07) is 2.59. The Morgan fingerprint density at radius 1 is 1.35 bits per heavy atom. The fourth-order valence-corrected chi connectivity index (χ4v) is 3.07. The number of rotatable bonds is 7. The van der Waals surface area contributed by atoms with Gasteiger partial charge in [-0.3, -0.25) is 0 Å². The second-order valence-electron chi connectivity index (χ2n) is 5.94. The Bertz CT molecular complexity index is 394. The summed E-state index contributed by atoms with van der Waals surface area (Å²) in [4.78, 5) is 0. The van der Waals surface area contributed by atoms with E-state index in [1.54, 1.807) is 0 Å². The number of aryl methyl sites for hydroxylation is 2. The molecule has 0 aromatic carbocycles. The van der Waals surface area contributed by atoms with Gasteiger partial charge < -0.3 is 14.5 Å². The maximum absolute atomic E-state index is 5.85. The molecule has 1 saturated heterocycles. The van der Waals surface area contributed by atoms with Crippen LogP contribution in [0.3, 0.4) is 0 Å². The highest BCUT2D eigenvalue weighted by Crippen LogP contribution is 2.27. The first-order chi connectivity index (χ1) is 9.70. The topological polar surface area (TPSA) is 34.4 Å². The van der Waals surface area contributed by atoms with Gasteiger partial charge in [0.15, 0.2) is 0 Å². The molecular formula is C17H29NO2. The fraction of sp³-hybridized carbons (Fsp3) is 0.765. The van der Waals surface area contributed by atoms with Crippen LogP contribution < -0.4 is 5.32 Å². The van der Waals surface area contributed by atoms with Gasteiger partial charge in [-0.15, -0.1) is 0 Å². The van der Waals surface area contributed by atoms with Gasteiger partial charge in [-0.05, 0) is 65.0 Å². The summed E-state index contributed by atoms with van der Waals surface area (Å²) in [6.45, 7) is 8.31. The molecule has 20 heavy (non-hydrogen) atoms. The zero-order chi connectivity index (χ0) is 14.4. The molecule has 1 N–H and O–H groups in total. The van der Waals surface area contributed by atoms with Crippen molar-refractivity contribution in [3.8, 4) is 0 Å². The molecule has 2 heterocycles. The van der Waals surface area contributed by atoms with Crippen molar-refractivity contribution in [2.45, 2.75) is 71.4 Å². The molecule has 1 aliphatic heterocycles. The van der Waals surface area contributed by atoms with Gasteiger partial charge in [0.25, 0.3) is 0 Å². The predicted octanol–water partition coefficient (Wildman–Crippen LogP) is 4.29. The number of hydrogen-bond acceptors (Lipinski definition) is 3. The number of nitrogens with one attached hydrogen (secondary N) is 1. The van der Waals surface area contributed by atoms with E-state index in [1.165, 1.54) is 24.8 Å². The molecule has 3 heteroatoms. The van der Waals surface area contributed by atoms with Crippen LogP contribution in [-0.4, -0.2) is 19.3 Å². The van der Waals surface area contributed by atoms with Crippen molar-refractivity contribution in [3.05, 3.63) is 23.2 Å². The molecule has 2 atom stereocenters. The molecule has 2 rings (SSSR count). The zero-order valence-electron chi connectivity index (χ0n) is 13.2. The molecule has 2 unspecified atom stereocenters. The van der Waals surface area contributed by atoms with E-state index in [2.05, 4.69) is 25.2 Å². The lowest BCUT2D eigenvalue weighted by molar-refractivity contribution is 0.00852. The van der Waals surface area contributed by atoms with Gasteiger partial charge in [0.1, 0.15) is 11.5 Å². The lowest BCUT2D eigenvalue weighted by Crippen LogP contribution is -2.25. The average Bonchev–Trinajstić information content (AvgIpc) is 2.79. The van der Waals surface area contributed by atoms with Crippen LogP contribution in [0.1, 0.15) is 68.6 Å². The lowest BCUT2D eigenvalue weighted by atomic mass is 9.97. The van der Waals surface area contributed by atoms with E-state index >= 15 is 0 Å². The minimum atomic E-state index is 0.401. The van der Waals surface area contributed by atoms with Crippen molar-refractivity contribution in [2.75, 3.05) is 13.2 Å². The van der Waals surface area contributed by atoms with Crippen molar-refractivity contribution in [1.29, 1.82) is 0 Å². The third-order valence-electron chi connectivity index (χ3n) is 4.15. The zero-order valence-corrected chi connectivity index (χ0v) is 13.2. The Morgan fingerprint density at radius 3 is 2.80 bits per heavy atom. The van der Waals surface area contributed by atoms with Crippen LogP contribution in [0, 0.1) is 13.8 Å². The van der Waals surface area contributed by atoms with Crippen LogP contribution in [0.25, 0.3) is 0 Å². The summed E-state index contributed by atoms with van der Waals surface area (Å²) in [7, 11) is 0. The summed E-state index contributed by atoms with van der Waals surface area (Å²) in [6.07, 6.45) is 7.67. The second kappa shape index (κ2) is 7.84. The van der Waals surface area contributed by atoms with E-state index in [1.807, 2.05) is 6.92 Å². The van der Waals surface area contributed by atoms with E-state index in [4.69, 9.17) is 9.15 Å². The molecule has 0 amide bonds. The monoisotopic (exact) mass is 279 g/mol. The Balaban J connectivity index is 1.94. The Morgan fingerprint density at radius 2 is 2.20 bits per heavy atom. The van der Waals surface area contributed by atoms with Crippen molar-refractivity contribution >= 4 is 0 Å².